The van der Waals surface area contributed by atoms with Crippen LogP contribution in [0.25, 0.3) is 0 Å². The Morgan fingerprint density at radius 3 is 1.68 bits per heavy atom. The molecule has 0 amide bonds. The number of hydrogen-bond donors (Lipinski definition) is 0. The van der Waals surface area contributed by atoms with Gasteiger partial charge < -0.3 is 13.7 Å². The van der Waals surface area contributed by atoms with Gasteiger partial charge in [-0.3, -0.25) is 12.5 Å². The van der Waals surface area contributed by atoms with E-state index in [4.69, 9.17) is 8.37 Å². The van der Waals surface area contributed by atoms with Gasteiger partial charge in [0, 0.05) is 0 Å². The van der Waals surface area contributed by atoms with E-state index in [2.05, 4.69) is 45.7 Å². The van der Waals surface area contributed by atoms with Crippen LogP contribution < -0.4 is 88.7 Å². The Bertz CT molecular complexity index is 1390. The maximum Gasteiger partial charge on any atom is 1.00 e. The molecule has 12 nitrogen and oxygen atoms in total. The monoisotopic (exact) mass is 754 g/mol. The molecule has 0 aromatic carbocycles. The first kappa shape index (κ1) is 47.6. The molecule has 47 heavy (non-hydrogen) atoms. The fourth-order valence-corrected chi connectivity index (χ4v) is 11.7. The molecule has 0 radical (unpaired) electrons. The molecule has 4 fully saturated rings. The summed E-state index contributed by atoms with van der Waals surface area (Å²) in [6.07, 6.45) is 1.15. The molecule has 0 aromatic rings. The molecule has 12 atom stereocenters. The molecule has 0 N–H and O–H groups in total. The molecule has 4 aliphatic rings. The zero-order valence-electron chi connectivity index (χ0n) is 29.8. The van der Waals surface area contributed by atoms with Crippen molar-refractivity contribution >= 4 is 31.2 Å². The van der Waals surface area contributed by atoms with E-state index < -0.39 is 60.8 Å². The molecule has 0 aliphatic heterocycles. The molecular weight excluding hydrogens is 705 g/mol. The van der Waals surface area contributed by atoms with Crippen molar-refractivity contribution < 1.29 is 140 Å². The van der Waals surface area contributed by atoms with Crippen molar-refractivity contribution in [2.75, 3.05) is 0 Å². The second-order valence-corrected chi connectivity index (χ2v) is 18.9. The Morgan fingerprint density at radius 2 is 1.17 bits per heavy atom. The standard InChI is InChI=1S/C29H52O12S3.3Na/c1-17(8-9-18(2)27(3,4)5)20-10-11-21-19-14-24(39-42(30,31)32)23-15-25(40-43(33,34)35)26(41-44(36,37)38)16-29(23,7)22(19)12-13-28(20,21)6;;;/h17-26H,8-16H2,1-7H3,(H,30,31,32)(H,33,34,35)(H,36,37,38);;;/q;3*+1/p-3/t17-,18?,19+,20-,21+,22+,23?,24+,25+,26+,28-,29-;;;/m1.../s1. The van der Waals surface area contributed by atoms with Crippen molar-refractivity contribution in [3.05, 3.63) is 0 Å². The largest absolute Gasteiger partial charge is 1.00 e. The van der Waals surface area contributed by atoms with Crippen LogP contribution in [0.3, 0.4) is 0 Å². The summed E-state index contributed by atoms with van der Waals surface area (Å²) in [6, 6.07) is 0. The SMILES string of the molecule is CC(CC[C@@H](C)[C@H]1CC[C@H]2[C@@H]3C[C@H](OS(=O)(=O)[O-])C4C[C@H](OS(=O)(=O)[O-])[C@@H](OS(=O)(=O)[O-])C[C@]4(C)[C@H]3CC[C@]12C)C(C)(C)C.[Na+].[Na+].[Na+]. The number of rotatable bonds is 10. The topological polar surface area (TPSA) is 199 Å². The Balaban J connectivity index is 0.00000368. The molecule has 0 saturated heterocycles. The molecule has 0 aromatic heterocycles. The van der Waals surface area contributed by atoms with Gasteiger partial charge in [0.05, 0.1) is 6.10 Å². The molecule has 4 rings (SSSR count). The first-order valence-electron chi connectivity index (χ1n) is 15.8. The Labute approximate surface area is 349 Å². The van der Waals surface area contributed by atoms with Gasteiger partial charge in [-0.25, -0.2) is 25.3 Å². The van der Waals surface area contributed by atoms with E-state index in [1.54, 1.807) is 0 Å². The molecule has 4 saturated carbocycles. The third-order valence-corrected chi connectivity index (χ3v) is 14.1. The molecule has 18 heteroatoms. The molecule has 4 aliphatic carbocycles. The van der Waals surface area contributed by atoms with E-state index >= 15 is 0 Å². The van der Waals surface area contributed by atoms with Crippen LogP contribution in [0.2, 0.25) is 0 Å². The Morgan fingerprint density at radius 1 is 0.681 bits per heavy atom. The Kier molecular flexibility index (Phi) is 17.2. The minimum atomic E-state index is -5.35. The van der Waals surface area contributed by atoms with Crippen molar-refractivity contribution in [3.8, 4) is 0 Å². The summed E-state index contributed by atoms with van der Waals surface area (Å²) in [5.74, 6) is 0.809. The van der Waals surface area contributed by atoms with Gasteiger partial charge in [0.15, 0.2) is 0 Å². The van der Waals surface area contributed by atoms with Crippen LogP contribution in [0.15, 0.2) is 0 Å². The average molecular weight is 755 g/mol. The molecular formula is C29H49Na3O12S3. The van der Waals surface area contributed by atoms with Crippen molar-refractivity contribution in [2.24, 2.45) is 57.7 Å². The van der Waals surface area contributed by atoms with Crippen LogP contribution in [0.5, 0.6) is 0 Å². The third kappa shape index (κ3) is 11.3. The number of fused-ring (bicyclic) bond motifs is 5. The maximum absolute atomic E-state index is 11.9. The minimum absolute atomic E-state index is 0. The molecule has 0 spiro atoms. The van der Waals surface area contributed by atoms with Crippen LogP contribution in [-0.2, 0) is 43.7 Å². The van der Waals surface area contributed by atoms with Crippen molar-refractivity contribution in [1.29, 1.82) is 0 Å². The van der Waals surface area contributed by atoms with Crippen molar-refractivity contribution in [3.63, 3.8) is 0 Å². The molecule has 0 heterocycles. The van der Waals surface area contributed by atoms with Gasteiger partial charge in [-0.05, 0) is 109 Å². The summed E-state index contributed by atoms with van der Waals surface area (Å²) in [7, 11) is -15.8. The number of hydrogen-bond acceptors (Lipinski definition) is 12. The fraction of sp³-hybridized carbons (Fsp3) is 1.00. The van der Waals surface area contributed by atoms with Gasteiger partial charge in [-0.15, -0.1) is 0 Å². The first-order chi connectivity index (χ1) is 19.8. The average Bonchev–Trinajstić information content (AvgIpc) is 3.17. The summed E-state index contributed by atoms with van der Waals surface area (Å²) >= 11 is 0. The predicted octanol–water partition coefficient (Wildman–Crippen LogP) is -4.49. The second-order valence-electron chi connectivity index (χ2n) is 15.8. The van der Waals surface area contributed by atoms with Crippen LogP contribution in [0, 0.1) is 57.7 Å². The summed E-state index contributed by atoms with van der Waals surface area (Å²) in [5, 5.41) is 0. The van der Waals surface area contributed by atoms with E-state index in [1.807, 2.05) is 6.92 Å². The summed E-state index contributed by atoms with van der Waals surface area (Å²) in [6.45, 7) is 15.6. The van der Waals surface area contributed by atoms with E-state index in [9.17, 15) is 38.9 Å². The third-order valence-electron chi connectivity index (χ3n) is 12.6. The zero-order valence-corrected chi connectivity index (χ0v) is 38.2. The van der Waals surface area contributed by atoms with Crippen molar-refractivity contribution in [1.82, 2.24) is 0 Å². The summed E-state index contributed by atoms with van der Waals surface area (Å²) in [4.78, 5) is 0. The molecule has 2 unspecified atom stereocenters. The van der Waals surface area contributed by atoms with Crippen molar-refractivity contribution in [2.45, 2.75) is 125 Å². The minimum Gasteiger partial charge on any atom is -0.726 e. The van der Waals surface area contributed by atoms with E-state index in [-0.39, 0.29) is 137 Å². The van der Waals surface area contributed by atoms with Gasteiger partial charge in [-0.1, -0.05) is 54.9 Å². The summed E-state index contributed by atoms with van der Waals surface area (Å²) < 4.78 is 120. The predicted molar refractivity (Wildman–Crippen MR) is 157 cm³/mol. The van der Waals surface area contributed by atoms with Crippen LogP contribution in [0.1, 0.15) is 106 Å². The maximum atomic E-state index is 11.9. The summed E-state index contributed by atoms with van der Waals surface area (Å²) in [5.41, 5.74) is -0.700. The van der Waals surface area contributed by atoms with Crippen LogP contribution in [0.4, 0.5) is 0 Å². The molecule has 0 bridgehead atoms. The van der Waals surface area contributed by atoms with Gasteiger partial charge in [0.1, 0.15) is 12.2 Å². The zero-order chi connectivity index (χ0) is 33.3. The van der Waals surface area contributed by atoms with Gasteiger partial charge in [0.25, 0.3) is 0 Å². The van der Waals surface area contributed by atoms with Gasteiger partial charge in [0.2, 0.25) is 31.2 Å². The fourth-order valence-electron chi connectivity index (χ4n) is 10.1. The van der Waals surface area contributed by atoms with E-state index in [0.717, 1.165) is 38.5 Å². The Hall–Kier alpha value is 2.61. The second kappa shape index (κ2) is 17.0. The molecule has 258 valence electrons. The quantitative estimate of drug-likeness (QED) is 0.118. The van der Waals surface area contributed by atoms with E-state index in [0.29, 0.717) is 17.8 Å². The smallest absolute Gasteiger partial charge is 0.726 e. The van der Waals surface area contributed by atoms with Gasteiger partial charge >= 0.3 is 88.7 Å². The first-order valence-corrected chi connectivity index (χ1v) is 19.8. The van der Waals surface area contributed by atoms with Crippen LogP contribution >= 0.6 is 0 Å². The normalized spacial score (nSPS) is 38.7. The van der Waals surface area contributed by atoms with E-state index in [1.165, 1.54) is 0 Å². The van der Waals surface area contributed by atoms with Crippen LogP contribution in [-0.4, -0.2) is 57.2 Å². The van der Waals surface area contributed by atoms with Gasteiger partial charge in [-0.2, -0.15) is 0 Å².